The molecule has 1 saturated heterocycles. The summed E-state index contributed by atoms with van der Waals surface area (Å²) in [4.78, 5) is 14.8. The maximum Gasteiger partial charge on any atom is 0.222 e. The topological polar surface area (TPSA) is 85.9 Å². The number of piperidine rings is 1. The largest absolute Gasteiger partial charge is 0.493 e. The van der Waals surface area contributed by atoms with E-state index in [2.05, 4.69) is 10.2 Å². The van der Waals surface area contributed by atoms with Crippen LogP contribution in [0.4, 0.5) is 0 Å². The molecule has 1 aromatic carbocycles. The molecule has 1 amide bonds. The zero-order valence-corrected chi connectivity index (χ0v) is 17.8. The molecule has 0 aliphatic carbocycles. The van der Waals surface area contributed by atoms with Crippen LogP contribution in [0.25, 0.3) is 0 Å². The third-order valence-electron chi connectivity index (χ3n) is 6.20. The highest BCUT2D eigenvalue weighted by Gasteiger charge is 2.42. The van der Waals surface area contributed by atoms with Crippen molar-refractivity contribution in [3.63, 3.8) is 0 Å². The molecule has 0 bridgehead atoms. The summed E-state index contributed by atoms with van der Waals surface area (Å²) in [6.07, 6.45) is 5.41. The lowest BCUT2D eigenvalue weighted by Gasteiger charge is -2.43. The van der Waals surface area contributed by atoms with Crippen molar-refractivity contribution in [1.29, 1.82) is 0 Å². The van der Waals surface area contributed by atoms with Crippen molar-refractivity contribution in [3.05, 3.63) is 35.2 Å². The number of nitrogens with zero attached hydrogens (tertiary/aromatic N) is 2. The quantitative estimate of drug-likeness (QED) is 0.780. The number of H-pyrrole nitrogens is 1. The highest BCUT2D eigenvalue weighted by atomic mass is 16.5. The molecule has 2 aliphatic heterocycles. The highest BCUT2D eigenvalue weighted by Crippen LogP contribution is 2.41. The third-order valence-corrected chi connectivity index (χ3v) is 6.20. The second-order valence-electron chi connectivity index (χ2n) is 7.78. The van der Waals surface area contributed by atoms with Gasteiger partial charge in [-0.25, -0.2) is 0 Å². The molecular weight excluding hydrogens is 386 g/mol. The predicted octanol–water partition coefficient (Wildman–Crippen LogP) is 2.46. The molecule has 162 valence electrons. The van der Waals surface area contributed by atoms with Gasteiger partial charge in [0.2, 0.25) is 11.7 Å². The lowest BCUT2D eigenvalue weighted by atomic mass is 9.83. The standard InChI is InChI=1S/C22H29N3O5/c1-27-17-12-15(13-18(28-2)20(17)29-3)4-5-19(26)25-9-7-22(8-10-25)21-16(6-11-30-22)14-23-24-21/h12-14H,4-11H2,1-3H3,(H,23,24). The number of hydrogen-bond acceptors (Lipinski definition) is 6. The lowest BCUT2D eigenvalue weighted by molar-refractivity contribution is -0.141. The molecule has 2 aromatic rings. The van der Waals surface area contributed by atoms with E-state index < -0.39 is 0 Å². The summed E-state index contributed by atoms with van der Waals surface area (Å²) in [5.74, 6) is 1.91. The Morgan fingerprint density at radius 3 is 2.50 bits per heavy atom. The Bertz CT molecular complexity index is 877. The van der Waals surface area contributed by atoms with Gasteiger partial charge in [0.25, 0.3) is 0 Å². The van der Waals surface area contributed by atoms with Gasteiger partial charge in [-0.05, 0) is 48.9 Å². The highest BCUT2D eigenvalue weighted by molar-refractivity contribution is 5.76. The SMILES string of the molecule is COc1cc(CCC(=O)N2CCC3(CC2)OCCc2cn[nH]c23)cc(OC)c1OC. The van der Waals surface area contributed by atoms with Crippen LogP contribution >= 0.6 is 0 Å². The number of hydrogen-bond donors (Lipinski definition) is 1. The number of amides is 1. The molecule has 1 N–H and O–H groups in total. The number of aromatic amines is 1. The molecule has 8 heteroatoms. The summed E-state index contributed by atoms with van der Waals surface area (Å²) in [6.45, 7) is 2.08. The number of rotatable bonds is 6. The molecule has 0 atom stereocenters. The van der Waals surface area contributed by atoms with Crippen molar-refractivity contribution in [1.82, 2.24) is 15.1 Å². The normalized spacial score (nSPS) is 17.5. The maximum atomic E-state index is 12.8. The monoisotopic (exact) mass is 415 g/mol. The molecule has 0 unspecified atom stereocenters. The van der Waals surface area contributed by atoms with Gasteiger partial charge in [-0.15, -0.1) is 0 Å². The molecular formula is C22H29N3O5. The van der Waals surface area contributed by atoms with Crippen LogP contribution in [0, 0.1) is 0 Å². The van der Waals surface area contributed by atoms with Gasteiger partial charge in [-0.2, -0.15) is 5.10 Å². The van der Waals surface area contributed by atoms with E-state index in [9.17, 15) is 4.79 Å². The number of carbonyl (C=O) groups is 1. The van der Waals surface area contributed by atoms with Crippen LogP contribution in [0.2, 0.25) is 0 Å². The van der Waals surface area contributed by atoms with Gasteiger partial charge in [-0.1, -0.05) is 0 Å². The molecule has 30 heavy (non-hydrogen) atoms. The Kier molecular flexibility index (Phi) is 5.85. The minimum absolute atomic E-state index is 0.152. The van der Waals surface area contributed by atoms with Crippen molar-refractivity contribution in [2.75, 3.05) is 41.0 Å². The molecule has 0 radical (unpaired) electrons. The number of aromatic nitrogens is 2. The zero-order chi connectivity index (χ0) is 21.1. The molecule has 1 aromatic heterocycles. The number of methoxy groups -OCH3 is 3. The fourth-order valence-corrected chi connectivity index (χ4v) is 4.52. The Hall–Kier alpha value is -2.74. The number of fused-ring (bicyclic) bond motifs is 2. The van der Waals surface area contributed by atoms with Gasteiger partial charge >= 0.3 is 0 Å². The van der Waals surface area contributed by atoms with Gasteiger partial charge < -0.3 is 23.8 Å². The van der Waals surface area contributed by atoms with E-state index in [-0.39, 0.29) is 11.5 Å². The van der Waals surface area contributed by atoms with E-state index in [1.54, 1.807) is 21.3 Å². The smallest absolute Gasteiger partial charge is 0.222 e. The summed E-state index contributed by atoms with van der Waals surface area (Å²) in [7, 11) is 4.76. The van der Waals surface area contributed by atoms with E-state index in [1.165, 1.54) is 5.56 Å². The second kappa shape index (κ2) is 8.55. The van der Waals surface area contributed by atoms with Crippen LogP contribution in [0.3, 0.4) is 0 Å². The minimum Gasteiger partial charge on any atom is -0.493 e. The molecule has 4 rings (SSSR count). The molecule has 1 spiro atoms. The van der Waals surface area contributed by atoms with Crippen molar-refractivity contribution in [2.24, 2.45) is 0 Å². The Morgan fingerprint density at radius 2 is 1.87 bits per heavy atom. The summed E-state index contributed by atoms with van der Waals surface area (Å²) in [5.41, 5.74) is 2.99. The van der Waals surface area contributed by atoms with Gasteiger partial charge in [0.05, 0.1) is 39.8 Å². The molecule has 1 fully saturated rings. The van der Waals surface area contributed by atoms with Crippen LogP contribution in [0.5, 0.6) is 17.2 Å². The lowest BCUT2D eigenvalue weighted by Crippen LogP contribution is -2.48. The maximum absolute atomic E-state index is 12.8. The van der Waals surface area contributed by atoms with Crippen molar-refractivity contribution >= 4 is 5.91 Å². The Morgan fingerprint density at radius 1 is 1.17 bits per heavy atom. The minimum atomic E-state index is -0.322. The zero-order valence-electron chi connectivity index (χ0n) is 17.8. The fourth-order valence-electron chi connectivity index (χ4n) is 4.52. The predicted molar refractivity (Wildman–Crippen MR) is 110 cm³/mol. The third kappa shape index (κ3) is 3.71. The van der Waals surface area contributed by atoms with E-state index >= 15 is 0 Å². The summed E-state index contributed by atoms with van der Waals surface area (Å²) in [5, 5.41) is 7.32. The number of ether oxygens (including phenoxy) is 4. The summed E-state index contributed by atoms with van der Waals surface area (Å²) < 4.78 is 22.3. The first-order valence-corrected chi connectivity index (χ1v) is 10.3. The number of carbonyl (C=O) groups excluding carboxylic acids is 1. The molecule has 2 aliphatic rings. The van der Waals surface area contributed by atoms with Crippen molar-refractivity contribution < 1.29 is 23.7 Å². The number of benzene rings is 1. The van der Waals surface area contributed by atoms with Crippen molar-refractivity contribution in [2.45, 2.75) is 37.7 Å². The summed E-state index contributed by atoms with van der Waals surface area (Å²) >= 11 is 0. The van der Waals surface area contributed by atoms with Gasteiger partial charge in [0.1, 0.15) is 5.60 Å². The molecule has 8 nitrogen and oxygen atoms in total. The molecule has 0 saturated carbocycles. The van der Waals surface area contributed by atoms with E-state index in [0.717, 1.165) is 30.5 Å². The van der Waals surface area contributed by atoms with Crippen LogP contribution in [-0.4, -0.2) is 62.0 Å². The van der Waals surface area contributed by atoms with Crippen LogP contribution < -0.4 is 14.2 Å². The first kappa shape index (κ1) is 20.5. The van der Waals surface area contributed by atoms with Gasteiger partial charge in [0.15, 0.2) is 11.5 Å². The van der Waals surface area contributed by atoms with Crippen LogP contribution in [0.1, 0.15) is 36.1 Å². The average molecular weight is 415 g/mol. The first-order chi connectivity index (χ1) is 14.6. The average Bonchev–Trinajstić information content (AvgIpc) is 3.27. The molecule has 3 heterocycles. The van der Waals surface area contributed by atoms with E-state index in [4.69, 9.17) is 18.9 Å². The fraction of sp³-hybridized carbons (Fsp3) is 0.545. The first-order valence-electron chi connectivity index (χ1n) is 10.3. The van der Waals surface area contributed by atoms with Gasteiger partial charge in [0, 0.05) is 19.5 Å². The number of likely N-dealkylation sites (tertiary alicyclic amines) is 1. The number of aryl methyl sites for hydroxylation is 1. The van der Waals surface area contributed by atoms with E-state index in [0.29, 0.717) is 49.8 Å². The Balaban J connectivity index is 1.37. The summed E-state index contributed by atoms with van der Waals surface area (Å²) in [6, 6.07) is 3.80. The second-order valence-corrected chi connectivity index (χ2v) is 7.78. The van der Waals surface area contributed by atoms with Gasteiger partial charge in [-0.3, -0.25) is 9.89 Å². The number of nitrogens with one attached hydrogen (secondary N) is 1. The Labute approximate surface area is 176 Å². The van der Waals surface area contributed by atoms with Crippen LogP contribution in [0.15, 0.2) is 18.3 Å². The van der Waals surface area contributed by atoms with E-state index in [1.807, 2.05) is 23.2 Å². The van der Waals surface area contributed by atoms with Crippen LogP contribution in [-0.2, 0) is 28.0 Å². The van der Waals surface area contributed by atoms with Crippen molar-refractivity contribution in [3.8, 4) is 17.2 Å².